The van der Waals surface area contributed by atoms with Crippen molar-refractivity contribution in [3.8, 4) is 0 Å². The summed E-state index contributed by atoms with van der Waals surface area (Å²) in [4.78, 5) is 5.57. The molecule has 0 amide bonds. The monoisotopic (exact) mass is 374 g/mol. The summed E-state index contributed by atoms with van der Waals surface area (Å²) in [5.74, 6) is 2.89. The van der Waals surface area contributed by atoms with Gasteiger partial charge in [-0.15, -0.1) is 0 Å². The topological polar surface area (TPSA) is 6.48 Å². The Balaban J connectivity index is 1.15. The molecular weight excluding hydrogens is 328 g/mol. The summed E-state index contributed by atoms with van der Waals surface area (Å²) in [5, 5.41) is 0. The summed E-state index contributed by atoms with van der Waals surface area (Å²) in [5.41, 5.74) is 1.51. The molecular formula is C25H46N2. The smallest absolute Gasteiger partial charge is 0.00101 e. The van der Waals surface area contributed by atoms with Crippen molar-refractivity contribution in [2.45, 2.75) is 91.4 Å². The molecule has 2 aliphatic heterocycles. The van der Waals surface area contributed by atoms with Crippen LogP contribution in [0.5, 0.6) is 0 Å². The van der Waals surface area contributed by atoms with Crippen molar-refractivity contribution in [2.75, 3.05) is 39.3 Å². The van der Waals surface area contributed by atoms with Crippen molar-refractivity contribution >= 4 is 0 Å². The van der Waals surface area contributed by atoms with Crippen molar-refractivity contribution < 1.29 is 0 Å². The van der Waals surface area contributed by atoms with E-state index in [0.29, 0.717) is 0 Å². The van der Waals surface area contributed by atoms with Gasteiger partial charge in [-0.05, 0) is 119 Å². The maximum absolute atomic E-state index is 2.85. The lowest BCUT2D eigenvalue weighted by molar-refractivity contribution is -0.0375. The average molecular weight is 375 g/mol. The third kappa shape index (κ3) is 4.74. The van der Waals surface area contributed by atoms with Crippen molar-refractivity contribution in [2.24, 2.45) is 28.6 Å². The molecule has 0 atom stereocenters. The fourth-order valence-electron chi connectivity index (χ4n) is 7.20. The van der Waals surface area contributed by atoms with Crippen LogP contribution in [0.4, 0.5) is 0 Å². The highest BCUT2D eigenvalue weighted by Crippen LogP contribution is 2.53. The molecule has 2 spiro atoms. The lowest BCUT2D eigenvalue weighted by Gasteiger charge is -2.54. The Kier molecular flexibility index (Phi) is 6.24. The van der Waals surface area contributed by atoms with Gasteiger partial charge >= 0.3 is 0 Å². The predicted molar refractivity (Wildman–Crippen MR) is 116 cm³/mol. The van der Waals surface area contributed by atoms with E-state index in [1.165, 1.54) is 84.2 Å². The molecule has 2 aliphatic carbocycles. The third-order valence-corrected chi connectivity index (χ3v) is 9.16. The predicted octanol–water partition coefficient (Wildman–Crippen LogP) is 5.82. The van der Waals surface area contributed by atoms with Gasteiger partial charge in [0, 0.05) is 13.1 Å². The molecule has 0 bridgehead atoms. The first-order valence-corrected chi connectivity index (χ1v) is 12.4. The molecule has 2 saturated carbocycles. The molecule has 4 aliphatic rings. The summed E-state index contributed by atoms with van der Waals surface area (Å²) in [6.07, 6.45) is 16.6. The second kappa shape index (κ2) is 8.34. The van der Waals surface area contributed by atoms with Crippen LogP contribution >= 0.6 is 0 Å². The molecule has 4 rings (SSSR count). The third-order valence-electron chi connectivity index (χ3n) is 9.16. The summed E-state index contributed by atoms with van der Waals surface area (Å²) < 4.78 is 0. The van der Waals surface area contributed by atoms with Crippen molar-refractivity contribution in [3.63, 3.8) is 0 Å². The Morgan fingerprint density at radius 2 is 1.30 bits per heavy atom. The maximum atomic E-state index is 2.85. The van der Waals surface area contributed by atoms with Crippen LogP contribution in [0.3, 0.4) is 0 Å². The molecule has 2 heterocycles. The standard InChI is InChI=1S/C25H46N2/c1-4-22-5-7-24(8-6-22)9-13-27(14-10-24)20-23-17-25(18-23)11-15-26(16-12-25)19-21(2)3/h21-23H,4-20H2,1-3H3. The zero-order chi connectivity index (χ0) is 18.9. The Labute approximate surface area is 169 Å². The molecule has 0 radical (unpaired) electrons. The summed E-state index contributed by atoms with van der Waals surface area (Å²) in [6, 6.07) is 0. The normalized spacial score (nSPS) is 32.2. The Morgan fingerprint density at radius 1 is 0.741 bits per heavy atom. The van der Waals surface area contributed by atoms with E-state index in [0.717, 1.165) is 28.6 Å². The van der Waals surface area contributed by atoms with E-state index < -0.39 is 0 Å². The van der Waals surface area contributed by atoms with Gasteiger partial charge in [-0.3, -0.25) is 0 Å². The molecule has 4 fully saturated rings. The van der Waals surface area contributed by atoms with Gasteiger partial charge in [-0.2, -0.15) is 0 Å². The van der Waals surface area contributed by atoms with E-state index in [1.54, 1.807) is 25.7 Å². The molecule has 2 heteroatoms. The Hall–Kier alpha value is -0.0800. The van der Waals surface area contributed by atoms with Crippen LogP contribution in [0.15, 0.2) is 0 Å². The maximum Gasteiger partial charge on any atom is 0.00101 e. The van der Waals surface area contributed by atoms with Crippen LogP contribution in [0, 0.1) is 28.6 Å². The van der Waals surface area contributed by atoms with E-state index in [2.05, 4.69) is 30.6 Å². The van der Waals surface area contributed by atoms with Gasteiger partial charge in [0.1, 0.15) is 0 Å². The Morgan fingerprint density at radius 3 is 1.85 bits per heavy atom. The first-order valence-electron chi connectivity index (χ1n) is 12.4. The van der Waals surface area contributed by atoms with E-state index in [1.807, 2.05) is 0 Å². The molecule has 0 aromatic rings. The second-order valence-corrected chi connectivity index (χ2v) is 11.6. The number of piperidine rings is 2. The molecule has 0 N–H and O–H groups in total. The van der Waals surface area contributed by atoms with Gasteiger partial charge in [0.25, 0.3) is 0 Å². The van der Waals surface area contributed by atoms with Crippen LogP contribution in [0.25, 0.3) is 0 Å². The number of rotatable bonds is 5. The fraction of sp³-hybridized carbons (Fsp3) is 1.00. The molecule has 27 heavy (non-hydrogen) atoms. The van der Waals surface area contributed by atoms with Gasteiger partial charge in [0.05, 0.1) is 0 Å². The van der Waals surface area contributed by atoms with Gasteiger partial charge < -0.3 is 9.80 Å². The van der Waals surface area contributed by atoms with Crippen molar-refractivity contribution in [3.05, 3.63) is 0 Å². The fourth-order valence-corrected chi connectivity index (χ4v) is 7.20. The van der Waals surface area contributed by atoms with Crippen molar-refractivity contribution in [1.82, 2.24) is 9.80 Å². The zero-order valence-corrected chi connectivity index (χ0v) is 18.6. The SMILES string of the molecule is CCC1CCC2(CC1)CCN(CC1CC3(CCN(CC(C)C)CC3)C1)CC2. The van der Waals surface area contributed by atoms with Crippen LogP contribution in [0.2, 0.25) is 0 Å². The minimum Gasteiger partial charge on any atom is -0.303 e. The molecule has 2 nitrogen and oxygen atoms in total. The lowest BCUT2D eigenvalue weighted by atomic mass is 9.57. The summed E-state index contributed by atoms with van der Waals surface area (Å²) >= 11 is 0. The molecule has 0 aromatic carbocycles. The molecule has 2 saturated heterocycles. The number of hydrogen-bond acceptors (Lipinski definition) is 2. The minimum absolute atomic E-state index is 0.756. The van der Waals surface area contributed by atoms with Crippen LogP contribution in [0.1, 0.15) is 91.4 Å². The molecule has 0 aromatic heterocycles. The van der Waals surface area contributed by atoms with Crippen LogP contribution < -0.4 is 0 Å². The highest BCUT2D eigenvalue weighted by atomic mass is 15.1. The average Bonchev–Trinajstić information content (AvgIpc) is 2.64. The highest BCUT2D eigenvalue weighted by Gasteiger charge is 2.46. The first-order chi connectivity index (χ1) is 13.0. The minimum atomic E-state index is 0.756. The largest absolute Gasteiger partial charge is 0.303 e. The summed E-state index contributed by atoms with van der Waals surface area (Å²) in [7, 11) is 0. The first kappa shape index (κ1) is 20.2. The van der Waals surface area contributed by atoms with E-state index in [4.69, 9.17) is 0 Å². The molecule has 0 unspecified atom stereocenters. The zero-order valence-electron chi connectivity index (χ0n) is 18.6. The molecule has 156 valence electrons. The van der Waals surface area contributed by atoms with E-state index in [9.17, 15) is 0 Å². The van der Waals surface area contributed by atoms with E-state index >= 15 is 0 Å². The van der Waals surface area contributed by atoms with Crippen LogP contribution in [-0.4, -0.2) is 49.1 Å². The number of likely N-dealkylation sites (tertiary alicyclic amines) is 2. The summed E-state index contributed by atoms with van der Waals surface area (Å²) in [6.45, 7) is 15.4. The lowest BCUT2D eigenvalue weighted by Crippen LogP contribution is -2.51. The second-order valence-electron chi connectivity index (χ2n) is 11.6. The van der Waals surface area contributed by atoms with Gasteiger partial charge in [-0.1, -0.05) is 27.2 Å². The van der Waals surface area contributed by atoms with Gasteiger partial charge in [0.2, 0.25) is 0 Å². The van der Waals surface area contributed by atoms with Crippen LogP contribution in [-0.2, 0) is 0 Å². The number of nitrogens with zero attached hydrogens (tertiary/aromatic N) is 2. The van der Waals surface area contributed by atoms with Crippen molar-refractivity contribution in [1.29, 1.82) is 0 Å². The Bertz CT molecular complexity index is 451. The van der Waals surface area contributed by atoms with Gasteiger partial charge in [0.15, 0.2) is 0 Å². The highest BCUT2D eigenvalue weighted by molar-refractivity contribution is 4.99. The quantitative estimate of drug-likeness (QED) is 0.598. The van der Waals surface area contributed by atoms with Gasteiger partial charge in [-0.25, -0.2) is 0 Å². The number of hydrogen-bond donors (Lipinski definition) is 0. The van der Waals surface area contributed by atoms with E-state index in [-0.39, 0.29) is 0 Å².